The fraction of sp³-hybridized carbons (Fsp3) is 0.500. The SMILES string of the molecule is CCc1ccc(S(=O)(=O)N2CCN([C@@H](C)c3nc(NC4CCCCC4)c4ccccc4n3)CC2)cc1. The molecule has 1 saturated carbocycles. The van der Waals surface area contributed by atoms with E-state index in [9.17, 15) is 8.42 Å². The van der Waals surface area contributed by atoms with Crippen LogP contribution in [-0.4, -0.2) is 59.8 Å². The third-order valence-electron chi connectivity index (χ3n) is 7.73. The number of nitrogens with zero attached hydrogens (tertiary/aromatic N) is 4. The lowest BCUT2D eigenvalue weighted by Gasteiger charge is -2.37. The molecule has 5 rings (SSSR count). The van der Waals surface area contributed by atoms with Crippen LogP contribution in [0.25, 0.3) is 10.9 Å². The lowest BCUT2D eigenvalue weighted by atomic mass is 9.95. The van der Waals surface area contributed by atoms with Gasteiger partial charge in [0.2, 0.25) is 10.0 Å². The number of sulfonamides is 1. The van der Waals surface area contributed by atoms with Crippen LogP contribution in [0.15, 0.2) is 53.4 Å². The van der Waals surface area contributed by atoms with Gasteiger partial charge in [0.05, 0.1) is 16.5 Å². The Morgan fingerprint density at radius 3 is 2.33 bits per heavy atom. The van der Waals surface area contributed by atoms with Crippen molar-refractivity contribution in [2.75, 3.05) is 31.5 Å². The van der Waals surface area contributed by atoms with Crippen molar-refractivity contribution < 1.29 is 8.42 Å². The van der Waals surface area contributed by atoms with Gasteiger partial charge in [-0.1, -0.05) is 50.5 Å². The number of anilines is 1. The van der Waals surface area contributed by atoms with Gasteiger partial charge in [0.1, 0.15) is 11.6 Å². The molecule has 1 aliphatic carbocycles. The van der Waals surface area contributed by atoms with E-state index in [1.54, 1.807) is 16.4 Å². The molecular weight excluding hydrogens is 470 g/mol. The number of aromatic nitrogens is 2. The van der Waals surface area contributed by atoms with Gasteiger partial charge < -0.3 is 5.32 Å². The van der Waals surface area contributed by atoms with Gasteiger partial charge in [0.15, 0.2) is 0 Å². The van der Waals surface area contributed by atoms with Gasteiger partial charge in [-0.25, -0.2) is 18.4 Å². The van der Waals surface area contributed by atoms with Crippen molar-refractivity contribution in [3.05, 3.63) is 59.9 Å². The van der Waals surface area contributed by atoms with Crippen LogP contribution in [0.1, 0.15) is 63.4 Å². The molecule has 0 amide bonds. The lowest BCUT2D eigenvalue weighted by Crippen LogP contribution is -2.49. The predicted octanol–water partition coefficient (Wildman–Crippen LogP) is 5.00. The minimum Gasteiger partial charge on any atom is -0.367 e. The highest BCUT2D eigenvalue weighted by Crippen LogP contribution is 2.29. The van der Waals surface area contributed by atoms with Crippen molar-refractivity contribution in [3.8, 4) is 0 Å². The Bertz CT molecular complexity index is 1280. The van der Waals surface area contributed by atoms with Crippen molar-refractivity contribution in [3.63, 3.8) is 0 Å². The standard InChI is InChI=1S/C28H37N5O2S/c1-3-22-13-15-24(16-14-22)36(34,35)33-19-17-32(18-20-33)21(2)27-30-26-12-8-7-11-25(26)28(31-27)29-23-9-5-4-6-10-23/h7-8,11-16,21,23H,3-6,9-10,17-20H2,1-2H3,(H,29,30,31)/t21-/m0/s1. The topological polar surface area (TPSA) is 78.4 Å². The number of rotatable bonds is 7. The Kier molecular flexibility index (Phi) is 7.55. The first-order chi connectivity index (χ1) is 17.5. The van der Waals surface area contributed by atoms with Gasteiger partial charge in [-0.05, 0) is 56.0 Å². The Morgan fingerprint density at radius 1 is 0.944 bits per heavy atom. The van der Waals surface area contributed by atoms with Gasteiger partial charge in [-0.2, -0.15) is 4.31 Å². The summed E-state index contributed by atoms with van der Waals surface area (Å²) in [7, 11) is -3.49. The number of hydrogen-bond donors (Lipinski definition) is 1. The summed E-state index contributed by atoms with van der Waals surface area (Å²) in [6, 6.07) is 15.9. The van der Waals surface area contributed by atoms with E-state index < -0.39 is 10.0 Å². The number of piperazine rings is 1. The highest BCUT2D eigenvalue weighted by Gasteiger charge is 2.31. The molecule has 36 heavy (non-hydrogen) atoms. The van der Waals surface area contributed by atoms with Crippen LogP contribution in [0.2, 0.25) is 0 Å². The molecule has 1 N–H and O–H groups in total. The van der Waals surface area contributed by atoms with Crippen molar-refractivity contribution in [1.82, 2.24) is 19.2 Å². The maximum absolute atomic E-state index is 13.2. The predicted molar refractivity (Wildman–Crippen MR) is 145 cm³/mol. The Balaban J connectivity index is 1.31. The minimum atomic E-state index is -3.49. The van der Waals surface area contributed by atoms with Gasteiger partial charge in [0.25, 0.3) is 0 Å². The van der Waals surface area contributed by atoms with Crippen molar-refractivity contribution in [1.29, 1.82) is 0 Å². The van der Waals surface area contributed by atoms with E-state index in [-0.39, 0.29) is 6.04 Å². The zero-order valence-corrected chi connectivity index (χ0v) is 22.2. The first kappa shape index (κ1) is 25.1. The van der Waals surface area contributed by atoms with Crippen molar-refractivity contribution in [2.24, 2.45) is 0 Å². The van der Waals surface area contributed by atoms with Crippen LogP contribution < -0.4 is 5.32 Å². The maximum atomic E-state index is 13.2. The summed E-state index contributed by atoms with van der Waals surface area (Å²) in [5.74, 6) is 1.71. The van der Waals surface area contributed by atoms with E-state index in [1.807, 2.05) is 30.3 Å². The summed E-state index contributed by atoms with van der Waals surface area (Å²) in [4.78, 5) is 12.6. The van der Waals surface area contributed by atoms with Gasteiger partial charge >= 0.3 is 0 Å². The first-order valence-electron chi connectivity index (χ1n) is 13.3. The Morgan fingerprint density at radius 2 is 1.64 bits per heavy atom. The monoisotopic (exact) mass is 507 g/mol. The summed E-state index contributed by atoms with van der Waals surface area (Å²) in [6.07, 6.45) is 7.10. The number of fused-ring (bicyclic) bond motifs is 1. The molecule has 1 saturated heterocycles. The maximum Gasteiger partial charge on any atom is 0.243 e. The molecular formula is C28H37N5O2S. The number of para-hydroxylation sites is 1. The van der Waals surface area contributed by atoms with E-state index in [2.05, 4.69) is 30.1 Å². The smallest absolute Gasteiger partial charge is 0.243 e. The molecule has 3 aromatic rings. The third kappa shape index (κ3) is 5.26. The first-order valence-corrected chi connectivity index (χ1v) is 14.8. The number of aryl methyl sites for hydroxylation is 1. The molecule has 0 spiro atoms. The number of benzene rings is 2. The summed E-state index contributed by atoms with van der Waals surface area (Å²) in [5, 5.41) is 4.78. The lowest BCUT2D eigenvalue weighted by molar-refractivity contribution is 0.141. The minimum absolute atomic E-state index is 0.00444. The highest BCUT2D eigenvalue weighted by atomic mass is 32.2. The van der Waals surface area contributed by atoms with Crippen LogP contribution >= 0.6 is 0 Å². The number of nitrogens with one attached hydrogen (secondary N) is 1. The Labute approximate surface area is 215 Å². The van der Waals surface area contributed by atoms with Gasteiger partial charge in [0, 0.05) is 37.6 Å². The highest BCUT2D eigenvalue weighted by molar-refractivity contribution is 7.89. The van der Waals surface area contributed by atoms with Crippen LogP contribution in [0.3, 0.4) is 0 Å². The fourth-order valence-corrected chi connectivity index (χ4v) is 6.79. The quantitative estimate of drug-likeness (QED) is 0.485. The van der Waals surface area contributed by atoms with E-state index in [1.165, 1.54) is 32.1 Å². The average Bonchev–Trinajstić information content (AvgIpc) is 2.93. The zero-order valence-electron chi connectivity index (χ0n) is 21.4. The second-order valence-electron chi connectivity index (χ2n) is 10.0. The van der Waals surface area contributed by atoms with E-state index in [0.29, 0.717) is 37.1 Å². The Hall–Kier alpha value is -2.55. The zero-order chi connectivity index (χ0) is 25.1. The van der Waals surface area contributed by atoms with Crippen LogP contribution in [0, 0.1) is 0 Å². The summed E-state index contributed by atoms with van der Waals surface area (Å²) >= 11 is 0. The van der Waals surface area contributed by atoms with Crippen LogP contribution in [-0.2, 0) is 16.4 Å². The molecule has 8 heteroatoms. The van der Waals surface area contributed by atoms with E-state index >= 15 is 0 Å². The molecule has 2 fully saturated rings. The molecule has 7 nitrogen and oxygen atoms in total. The van der Waals surface area contributed by atoms with Gasteiger partial charge in [-0.3, -0.25) is 4.90 Å². The van der Waals surface area contributed by atoms with Crippen molar-refractivity contribution in [2.45, 2.75) is 69.4 Å². The normalized spacial score (nSPS) is 19.4. The molecule has 1 atom stereocenters. The summed E-state index contributed by atoms with van der Waals surface area (Å²) in [6.45, 7) is 6.41. The molecule has 1 aromatic heterocycles. The molecule has 2 aliphatic rings. The molecule has 2 aromatic carbocycles. The molecule has 0 radical (unpaired) electrons. The van der Waals surface area contributed by atoms with Crippen LogP contribution in [0.5, 0.6) is 0 Å². The summed E-state index contributed by atoms with van der Waals surface area (Å²) in [5.41, 5.74) is 2.09. The number of hydrogen-bond acceptors (Lipinski definition) is 6. The molecule has 2 heterocycles. The molecule has 1 aliphatic heterocycles. The van der Waals surface area contributed by atoms with E-state index in [0.717, 1.165) is 34.5 Å². The largest absolute Gasteiger partial charge is 0.367 e. The average molecular weight is 508 g/mol. The third-order valence-corrected chi connectivity index (χ3v) is 9.64. The van der Waals surface area contributed by atoms with Gasteiger partial charge in [-0.15, -0.1) is 0 Å². The van der Waals surface area contributed by atoms with E-state index in [4.69, 9.17) is 9.97 Å². The summed E-state index contributed by atoms with van der Waals surface area (Å²) < 4.78 is 28.0. The molecule has 0 unspecified atom stereocenters. The molecule has 192 valence electrons. The van der Waals surface area contributed by atoms with Crippen molar-refractivity contribution >= 4 is 26.7 Å². The molecule has 0 bridgehead atoms. The fourth-order valence-electron chi connectivity index (χ4n) is 5.37. The second kappa shape index (κ2) is 10.8. The second-order valence-corrected chi connectivity index (χ2v) is 12.0. The van der Waals surface area contributed by atoms with Crippen LogP contribution in [0.4, 0.5) is 5.82 Å².